The van der Waals surface area contributed by atoms with Crippen molar-refractivity contribution in [1.29, 1.82) is 0 Å². The molecule has 0 saturated heterocycles. The van der Waals surface area contributed by atoms with Gasteiger partial charge in [0.05, 0.1) is 6.10 Å². The molecule has 1 aromatic heterocycles. The Labute approximate surface area is 152 Å². The second-order valence-electron chi connectivity index (χ2n) is 6.80. The van der Waals surface area contributed by atoms with Crippen molar-refractivity contribution in [3.63, 3.8) is 0 Å². The molecule has 0 bridgehead atoms. The number of methoxy groups -OCH3 is 1. The highest BCUT2D eigenvalue weighted by molar-refractivity contribution is 5.79. The first kappa shape index (κ1) is 22.0. The zero-order valence-corrected chi connectivity index (χ0v) is 15.8. The van der Waals surface area contributed by atoms with Gasteiger partial charge in [0.2, 0.25) is 5.88 Å². The van der Waals surface area contributed by atoms with Gasteiger partial charge in [0, 0.05) is 39.5 Å². The van der Waals surface area contributed by atoms with Crippen LogP contribution in [-0.4, -0.2) is 50.5 Å². The highest BCUT2D eigenvalue weighted by Gasteiger charge is 2.28. The Kier molecular flexibility index (Phi) is 8.13. The zero-order chi connectivity index (χ0) is 19.8. The summed E-state index contributed by atoms with van der Waals surface area (Å²) in [4.78, 5) is 7.90. The van der Waals surface area contributed by atoms with Gasteiger partial charge in [-0.25, -0.2) is 4.98 Å². The van der Waals surface area contributed by atoms with Crippen molar-refractivity contribution in [2.24, 2.45) is 10.4 Å². The van der Waals surface area contributed by atoms with Crippen LogP contribution >= 0.6 is 0 Å². The molecule has 0 aliphatic heterocycles. The molecule has 0 spiro atoms. The van der Waals surface area contributed by atoms with Crippen molar-refractivity contribution in [1.82, 2.24) is 15.6 Å². The Bertz CT molecular complexity index is 586. The first-order chi connectivity index (χ1) is 12.0. The van der Waals surface area contributed by atoms with Crippen molar-refractivity contribution >= 4 is 5.96 Å². The SMILES string of the molecule is CN=C(NCc1ccnc(OCC(F)(F)F)c1)NCC(OC)C(C)(C)C. The Balaban J connectivity index is 2.56. The van der Waals surface area contributed by atoms with Gasteiger partial charge in [-0.2, -0.15) is 13.2 Å². The number of aromatic nitrogens is 1. The lowest BCUT2D eigenvalue weighted by Crippen LogP contribution is -2.45. The van der Waals surface area contributed by atoms with E-state index in [1.165, 1.54) is 12.3 Å². The highest BCUT2D eigenvalue weighted by Crippen LogP contribution is 2.21. The third-order valence-corrected chi connectivity index (χ3v) is 3.57. The van der Waals surface area contributed by atoms with Crippen molar-refractivity contribution in [2.75, 3.05) is 27.3 Å². The summed E-state index contributed by atoms with van der Waals surface area (Å²) in [6, 6.07) is 3.15. The number of rotatable bonds is 7. The van der Waals surface area contributed by atoms with Crippen LogP contribution in [0, 0.1) is 5.41 Å². The fourth-order valence-electron chi connectivity index (χ4n) is 2.13. The van der Waals surface area contributed by atoms with E-state index in [1.54, 1.807) is 20.2 Å². The summed E-state index contributed by atoms with van der Waals surface area (Å²) in [5.74, 6) is 0.489. The van der Waals surface area contributed by atoms with Gasteiger partial charge in [-0.05, 0) is 17.0 Å². The van der Waals surface area contributed by atoms with Gasteiger partial charge in [-0.15, -0.1) is 0 Å². The standard InChI is InChI=1S/C17H27F3N4O2/c1-16(2,3)13(25-5)10-24-15(21-4)23-9-12-6-7-22-14(8-12)26-11-17(18,19)20/h6-8,13H,9-11H2,1-5H3,(H2,21,23,24). The average Bonchev–Trinajstić information content (AvgIpc) is 2.55. The van der Waals surface area contributed by atoms with E-state index < -0.39 is 12.8 Å². The van der Waals surface area contributed by atoms with Crippen molar-refractivity contribution in [3.05, 3.63) is 23.9 Å². The minimum absolute atomic E-state index is 0.00986. The number of hydrogen-bond acceptors (Lipinski definition) is 4. The van der Waals surface area contributed by atoms with Crippen molar-refractivity contribution in [2.45, 2.75) is 39.6 Å². The third-order valence-electron chi connectivity index (χ3n) is 3.57. The van der Waals surface area contributed by atoms with Crippen LogP contribution in [0.5, 0.6) is 5.88 Å². The molecule has 6 nitrogen and oxygen atoms in total. The van der Waals surface area contributed by atoms with Gasteiger partial charge in [0.25, 0.3) is 0 Å². The number of pyridine rings is 1. The summed E-state index contributed by atoms with van der Waals surface area (Å²) in [5.41, 5.74) is 0.690. The van der Waals surface area contributed by atoms with E-state index in [2.05, 4.69) is 46.1 Å². The van der Waals surface area contributed by atoms with E-state index in [4.69, 9.17) is 4.74 Å². The number of alkyl halides is 3. The van der Waals surface area contributed by atoms with Crippen LogP contribution in [-0.2, 0) is 11.3 Å². The summed E-state index contributed by atoms with van der Waals surface area (Å²) in [6.07, 6.45) is -3.00. The van der Waals surface area contributed by atoms with E-state index in [0.29, 0.717) is 19.0 Å². The summed E-state index contributed by atoms with van der Waals surface area (Å²) in [6.45, 7) is 5.80. The summed E-state index contributed by atoms with van der Waals surface area (Å²) < 4.78 is 46.7. The van der Waals surface area contributed by atoms with Crippen molar-refractivity contribution in [3.8, 4) is 5.88 Å². The molecule has 1 unspecified atom stereocenters. The molecular weight excluding hydrogens is 349 g/mol. The number of guanidine groups is 1. The van der Waals surface area contributed by atoms with Crippen LogP contribution in [0.3, 0.4) is 0 Å². The first-order valence-electron chi connectivity index (χ1n) is 8.17. The van der Waals surface area contributed by atoms with Gasteiger partial charge in [-0.1, -0.05) is 20.8 Å². The van der Waals surface area contributed by atoms with Crippen molar-refractivity contribution < 1.29 is 22.6 Å². The number of halogens is 3. The highest BCUT2D eigenvalue weighted by atomic mass is 19.4. The Morgan fingerprint density at radius 2 is 1.96 bits per heavy atom. The molecule has 0 aliphatic carbocycles. The maximum atomic E-state index is 12.2. The minimum atomic E-state index is -4.40. The molecule has 9 heteroatoms. The van der Waals surface area contributed by atoms with Gasteiger partial charge < -0.3 is 20.1 Å². The largest absolute Gasteiger partial charge is 0.468 e. The topological polar surface area (TPSA) is 67.8 Å². The van der Waals surface area contributed by atoms with E-state index >= 15 is 0 Å². The number of nitrogens with zero attached hydrogens (tertiary/aromatic N) is 2. The van der Waals surface area contributed by atoms with E-state index in [-0.39, 0.29) is 17.4 Å². The van der Waals surface area contributed by atoms with Gasteiger partial charge in [-0.3, -0.25) is 4.99 Å². The fourth-order valence-corrected chi connectivity index (χ4v) is 2.13. The quantitative estimate of drug-likeness (QED) is 0.566. The van der Waals surface area contributed by atoms with Crippen LogP contribution in [0.25, 0.3) is 0 Å². The predicted molar refractivity (Wildman–Crippen MR) is 94.2 cm³/mol. The van der Waals surface area contributed by atoms with Crippen LogP contribution in [0.1, 0.15) is 26.3 Å². The first-order valence-corrected chi connectivity index (χ1v) is 8.17. The Hall–Kier alpha value is -2.03. The second-order valence-corrected chi connectivity index (χ2v) is 6.80. The molecule has 148 valence electrons. The van der Waals surface area contributed by atoms with Gasteiger partial charge >= 0.3 is 6.18 Å². The molecule has 1 rings (SSSR count). The Morgan fingerprint density at radius 3 is 2.50 bits per heavy atom. The molecule has 0 fully saturated rings. The molecule has 0 saturated carbocycles. The Morgan fingerprint density at radius 1 is 1.27 bits per heavy atom. The lowest BCUT2D eigenvalue weighted by molar-refractivity contribution is -0.154. The minimum Gasteiger partial charge on any atom is -0.468 e. The lowest BCUT2D eigenvalue weighted by Gasteiger charge is -2.30. The van der Waals surface area contributed by atoms with E-state index in [9.17, 15) is 13.2 Å². The smallest absolute Gasteiger partial charge is 0.422 e. The average molecular weight is 376 g/mol. The third kappa shape index (κ3) is 8.37. The molecule has 2 N–H and O–H groups in total. The zero-order valence-electron chi connectivity index (χ0n) is 15.8. The van der Waals surface area contributed by atoms with Crippen LogP contribution in [0.2, 0.25) is 0 Å². The maximum absolute atomic E-state index is 12.2. The monoisotopic (exact) mass is 376 g/mol. The molecule has 26 heavy (non-hydrogen) atoms. The predicted octanol–water partition coefficient (Wildman–Crippen LogP) is 2.75. The van der Waals surface area contributed by atoms with E-state index in [0.717, 1.165) is 5.56 Å². The number of ether oxygens (including phenoxy) is 2. The van der Waals surface area contributed by atoms with E-state index in [1.807, 2.05) is 0 Å². The van der Waals surface area contributed by atoms with Gasteiger partial charge in [0.1, 0.15) is 0 Å². The fraction of sp³-hybridized carbons (Fsp3) is 0.647. The van der Waals surface area contributed by atoms with Crippen LogP contribution in [0.4, 0.5) is 13.2 Å². The normalized spacial score (nSPS) is 14.1. The molecule has 1 atom stereocenters. The van der Waals surface area contributed by atoms with Crippen LogP contribution in [0.15, 0.2) is 23.3 Å². The summed E-state index contributed by atoms with van der Waals surface area (Å²) in [5, 5.41) is 6.27. The molecular formula is C17H27F3N4O2. The molecule has 0 amide bonds. The number of nitrogens with one attached hydrogen (secondary N) is 2. The maximum Gasteiger partial charge on any atom is 0.422 e. The molecule has 1 aromatic rings. The molecule has 1 heterocycles. The summed E-state index contributed by atoms with van der Waals surface area (Å²) in [7, 11) is 3.30. The lowest BCUT2D eigenvalue weighted by atomic mass is 9.89. The van der Waals surface area contributed by atoms with Crippen LogP contribution < -0.4 is 15.4 Å². The molecule has 0 aliphatic rings. The summed E-state index contributed by atoms with van der Waals surface area (Å²) >= 11 is 0. The number of hydrogen-bond donors (Lipinski definition) is 2. The number of aliphatic imine (C=N–C) groups is 1. The van der Waals surface area contributed by atoms with Gasteiger partial charge in [0.15, 0.2) is 12.6 Å². The molecule has 0 aromatic carbocycles. The second kappa shape index (κ2) is 9.61. The molecule has 0 radical (unpaired) electrons.